The van der Waals surface area contributed by atoms with Crippen LogP contribution in [0.15, 0.2) is 39.9 Å². The molecule has 19 heavy (non-hydrogen) atoms. The van der Waals surface area contributed by atoms with Crippen molar-refractivity contribution in [2.75, 3.05) is 0 Å². The summed E-state index contributed by atoms with van der Waals surface area (Å²) < 4.78 is 5.50. The van der Waals surface area contributed by atoms with Crippen molar-refractivity contribution in [2.45, 2.75) is 0 Å². The zero-order chi connectivity index (χ0) is 13.8. The highest BCUT2D eigenvalue weighted by Gasteiger charge is 2.08. The van der Waals surface area contributed by atoms with Gasteiger partial charge in [-0.3, -0.25) is 0 Å². The van der Waals surface area contributed by atoms with Gasteiger partial charge in [-0.15, -0.1) is 0 Å². The molecule has 0 atom stereocenters. The molecular formula is C12H9Cl2N3O2. The molecule has 98 valence electrons. The number of urea groups is 1. The third-order valence-corrected chi connectivity index (χ3v) is 2.75. The Morgan fingerprint density at radius 1 is 1.32 bits per heavy atom. The quantitative estimate of drug-likeness (QED) is 0.673. The van der Waals surface area contributed by atoms with Crippen LogP contribution >= 0.6 is 23.2 Å². The van der Waals surface area contributed by atoms with E-state index in [1.165, 1.54) is 6.21 Å². The van der Waals surface area contributed by atoms with Crippen molar-refractivity contribution in [3.8, 4) is 11.3 Å². The van der Waals surface area contributed by atoms with E-state index in [-0.39, 0.29) is 0 Å². The van der Waals surface area contributed by atoms with Gasteiger partial charge in [0.1, 0.15) is 11.5 Å². The first-order valence-corrected chi connectivity index (χ1v) is 5.95. The number of hydrogen-bond donors (Lipinski definition) is 2. The number of halogens is 2. The van der Waals surface area contributed by atoms with Crippen LogP contribution in [0.4, 0.5) is 4.79 Å². The van der Waals surface area contributed by atoms with E-state index >= 15 is 0 Å². The van der Waals surface area contributed by atoms with Gasteiger partial charge >= 0.3 is 6.03 Å². The van der Waals surface area contributed by atoms with Crippen molar-refractivity contribution in [3.05, 3.63) is 46.1 Å². The van der Waals surface area contributed by atoms with Gasteiger partial charge in [0, 0.05) is 10.6 Å². The van der Waals surface area contributed by atoms with E-state index in [0.29, 0.717) is 27.1 Å². The smallest absolute Gasteiger partial charge is 0.332 e. The third-order valence-electron chi connectivity index (χ3n) is 2.19. The zero-order valence-corrected chi connectivity index (χ0v) is 11.1. The first-order valence-electron chi connectivity index (χ1n) is 5.20. The van der Waals surface area contributed by atoms with Crippen LogP contribution in [-0.4, -0.2) is 12.2 Å². The van der Waals surface area contributed by atoms with Gasteiger partial charge in [0.2, 0.25) is 0 Å². The first-order chi connectivity index (χ1) is 9.06. The highest BCUT2D eigenvalue weighted by atomic mass is 35.5. The molecule has 0 bridgehead atoms. The maximum atomic E-state index is 10.4. The number of carbonyl (C=O) groups is 1. The average molecular weight is 298 g/mol. The number of nitrogens with two attached hydrogens (primary N) is 1. The van der Waals surface area contributed by atoms with Crippen molar-refractivity contribution in [3.63, 3.8) is 0 Å². The van der Waals surface area contributed by atoms with E-state index in [1.807, 2.05) is 0 Å². The maximum Gasteiger partial charge on any atom is 0.332 e. The Balaban J connectivity index is 2.23. The fraction of sp³-hybridized carbons (Fsp3) is 0. The van der Waals surface area contributed by atoms with Crippen LogP contribution in [0.3, 0.4) is 0 Å². The van der Waals surface area contributed by atoms with Gasteiger partial charge in [-0.05, 0) is 30.3 Å². The molecule has 0 saturated carbocycles. The molecule has 2 rings (SSSR count). The summed E-state index contributed by atoms with van der Waals surface area (Å²) >= 11 is 12.0. The molecule has 5 nitrogen and oxygen atoms in total. The number of primary amides is 1. The number of nitrogens with one attached hydrogen (secondary N) is 1. The molecule has 0 aliphatic heterocycles. The number of hydrogen-bond acceptors (Lipinski definition) is 3. The lowest BCUT2D eigenvalue weighted by Gasteiger charge is -2.00. The predicted octanol–water partition coefficient (Wildman–Crippen LogP) is 3.26. The number of nitrogens with zero attached hydrogens (tertiary/aromatic N) is 1. The summed E-state index contributed by atoms with van der Waals surface area (Å²) in [7, 11) is 0. The Morgan fingerprint density at radius 2 is 2.11 bits per heavy atom. The Bertz CT molecular complexity index is 638. The normalized spacial score (nSPS) is 10.8. The van der Waals surface area contributed by atoms with Gasteiger partial charge in [-0.25, -0.2) is 10.2 Å². The number of amides is 2. The SMILES string of the molecule is NC(=O)NN=Cc1ccc(-c2cc(Cl)ccc2Cl)o1. The van der Waals surface area contributed by atoms with Gasteiger partial charge in [-0.2, -0.15) is 5.10 Å². The number of carbonyl (C=O) groups excluding carboxylic acids is 1. The molecule has 1 aromatic carbocycles. The van der Waals surface area contributed by atoms with Gasteiger partial charge in [0.25, 0.3) is 0 Å². The standard InChI is InChI=1S/C12H9Cl2N3O2/c13-7-1-3-10(14)9(5-7)11-4-2-8(19-11)6-16-17-12(15)18/h1-6H,(H3,15,17,18). The molecule has 1 heterocycles. The second kappa shape index (κ2) is 5.77. The zero-order valence-electron chi connectivity index (χ0n) is 9.56. The molecule has 7 heteroatoms. The average Bonchev–Trinajstić information content (AvgIpc) is 2.80. The summed E-state index contributed by atoms with van der Waals surface area (Å²) in [6.45, 7) is 0. The fourth-order valence-electron chi connectivity index (χ4n) is 1.41. The largest absolute Gasteiger partial charge is 0.455 e. The Labute approximate surface area is 119 Å². The molecule has 3 N–H and O–H groups in total. The van der Waals surface area contributed by atoms with E-state index in [2.05, 4.69) is 10.5 Å². The summed E-state index contributed by atoms with van der Waals surface area (Å²) in [4.78, 5) is 10.4. The lowest BCUT2D eigenvalue weighted by Crippen LogP contribution is -2.24. The van der Waals surface area contributed by atoms with Crippen LogP contribution in [0.1, 0.15) is 5.76 Å². The minimum absolute atomic E-state index is 0.444. The number of hydrazone groups is 1. The van der Waals surface area contributed by atoms with Crippen molar-refractivity contribution >= 4 is 35.4 Å². The van der Waals surface area contributed by atoms with Crippen LogP contribution in [0.2, 0.25) is 10.0 Å². The Kier molecular flexibility index (Phi) is 4.09. The van der Waals surface area contributed by atoms with Crippen molar-refractivity contribution in [1.29, 1.82) is 0 Å². The molecule has 1 aromatic heterocycles. The van der Waals surface area contributed by atoms with Crippen LogP contribution < -0.4 is 11.2 Å². The maximum absolute atomic E-state index is 10.4. The molecule has 0 aliphatic rings. The van der Waals surface area contributed by atoms with Crippen LogP contribution in [0.5, 0.6) is 0 Å². The van der Waals surface area contributed by atoms with E-state index in [9.17, 15) is 4.79 Å². The van der Waals surface area contributed by atoms with Gasteiger partial charge in [0.15, 0.2) is 0 Å². The molecule has 0 unspecified atom stereocenters. The first kappa shape index (κ1) is 13.5. The van der Waals surface area contributed by atoms with Crippen molar-refractivity contribution in [1.82, 2.24) is 5.43 Å². The van der Waals surface area contributed by atoms with Crippen molar-refractivity contribution < 1.29 is 9.21 Å². The predicted molar refractivity (Wildman–Crippen MR) is 74.5 cm³/mol. The van der Waals surface area contributed by atoms with Crippen LogP contribution in [-0.2, 0) is 0 Å². The van der Waals surface area contributed by atoms with Gasteiger partial charge in [0.05, 0.1) is 11.2 Å². The minimum Gasteiger partial charge on any atom is -0.455 e. The van der Waals surface area contributed by atoms with E-state index < -0.39 is 6.03 Å². The van der Waals surface area contributed by atoms with Crippen molar-refractivity contribution in [2.24, 2.45) is 10.8 Å². The third kappa shape index (κ3) is 3.49. The number of furan rings is 1. The number of rotatable bonds is 3. The molecule has 2 amide bonds. The molecular weight excluding hydrogens is 289 g/mol. The van der Waals surface area contributed by atoms with E-state index in [1.54, 1.807) is 30.3 Å². The van der Waals surface area contributed by atoms with Crippen LogP contribution in [0, 0.1) is 0 Å². The molecule has 0 aliphatic carbocycles. The highest BCUT2D eigenvalue weighted by molar-refractivity contribution is 6.35. The lowest BCUT2D eigenvalue weighted by atomic mass is 10.2. The van der Waals surface area contributed by atoms with Crippen LogP contribution in [0.25, 0.3) is 11.3 Å². The Hall–Kier alpha value is -1.98. The summed E-state index contributed by atoms with van der Waals surface area (Å²) in [6.07, 6.45) is 1.33. The van der Waals surface area contributed by atoms with Gasteiger partial charge in [-0.1, -0.05) is 23.2 Å². The van der Waals surface area contributed by atoms with E-state index in [4.69, 9.17) is 33.4 Å². The molecule has 0 radical (unpaired) electrons. The minimum atomic E-state index is -0.749. The molecule has 0 spiro atoms. The molecule has 0 saturated heterocycles. The second-order valence-electron chi connectivity index (χ2n) is 3.56. The summed E-state index contributed by atoms with van der Waals surface area (Å²) in [5.41, 5.74) is 7.60. The summed E-state index contributed by atoms with van der Waals surface area (Å²) in [6, 6.07) is 7.73. The van der Waals surface area contributed by atoms with E-state index in [0.717, 1.165) is 0 Å². The highest BCUT2D eigenvalue weighted by Crippen LogP contribution is 2.31. The fourth-order valence-corrected chi connectivity index (χ4v) is 1.80. The summed E-state index contributed by atoms with van der Waals surface area (Å²) in [5.74, 6) is 0.993. The molecule has 2 aromatic rings. The molecule has 0 fully saturated rings. The number of benzene rings is 1. The second-order valence-corrected chi connectivity index (χ2v) is 4.40. The topological polar surface area (TPSA) is 80.6 Å². The Morgan fingerprint density at radius 3 is 2.84 bits per heavy atom. The monoisotopic (exact) mass is 297 g/mol. The van der Waals surface area contributed by atoms with Gasteiger partial charge < -0.3 is 10.2 Å². The summed E-state index contributed by atoms with van der Waals surface area (Å²) in [5, 5.41) is 4.67. The lowest BCUT2D eigenvalue weighted by molar-refractivity contribution is 0.249.